The van der Waals surface area contributed by atoms with Gasteiger partial charge >= 0.3 is 0 Å². The summed E-state index contributed by atoms with van der Waals surface area (Å²) in [5, 5.41) is 5.78. The molecule has 5 nitrogen and oxygen atoms in total. The van der Waals surface area contributed by atoms with Crippen molar-refractivity contribution in [3.8, 4) is 5.75 Å². The molecule has 3 rings (SSSR count). The minimum absolute atomic E-state index is 0.235. The molecule has 0 unspecified atom stereocenters. The maximum atomic E-state index is 12.9. The van der Waals surface area contributed by atoms with E-state index in [2.05, 4.69) is 10.6 Å². The molecule has 0 aromatic heterocycles. The third-order valence-electron chi connectivity index (χ3n) is 4.54. The van der Waals surface area contributed by atoms with Gasteiger partial charge in [-0.2, -0.15) is 0 Å². The highest BCUT2D eigenvalue weighted by Crippen LogP contribution is 2.12. The van der Waals surface area contributed by atoms with Gasteiger partial charge in [0.25, 0.3) is 5.91 Å². The van der Waals surface area contributed by atoms with Crippen molar-refractivity contribution >= 4 is 11.8 Å². The quantitative estimate of drug-likeness (QED) is 0.622. The number of rotatable bonds is 8. The molecule has 0 radical (unpaired) electrons. The average Bonchev–Trinajstić information content (AvgIpc) is 2.78. The minimum atomic E-state index is -0.685. The number of nitrogens with one attached hydrogen (secondary N) is 2. The number of methoxy groups -OCH3 is 1. The third kappa shape index (κ3) is 5.94. The lowest BCUT2D eigenvalue weighted by Gasteiger charge is -2.19. The topological polar surface area (TPSA) is 67.4 Å². The van der Waals surface area contributed by atoms with E-state index in [1.54, 1.807) is 31.4 Å². The molecule has 0 aliphatic rings. The van der Waals surface area contributed by atoms with Crippen molar-refractivity contribution in [2.75, 3.05) is 7.11 Å². The van der Waals surface area contributed by atoms with Crippen LogP contribution >= 0.6 is 0 Å². The summed E-state index contributed by atoms with van der Waals surface area (Å²) >= 11 is 0. The molecule has 3 aromatic carbocycles. The second-order valence-electron chi connectivity index (χ2n) is 6.65. The number of ether oxygens (including phenoxy) is 1. The van der Waals surface area contributed by atoms with E-state index in [-0.39, 0.29) is 11.8 Å². The fourth-order valence-corrected chi connectivity index (χ4v) is 2.98. The summed E-state index contributed by atoms with van der Waals surface area (Å²) < 4.78 is 5.22. The maximum absolute atomic E-state index is 12.9. The van der Waals surface area contributed by atoms with E-state index in [0.717, 1.165) is 16.9 Å². The minimum Gasteiger partial charge on any atom is -0.497 e. The number of carbonyl (C=O) groups is 2. The monoisotopic (exact) mass is 388 g/mol. The molecule has 0 spiro atoms. The Morgan fingerprint density at radius 3 is 2.21 bits per heavy atom. The number of carbonyl (C=O) groups excluding carboxylic acids is 2. The van der Waals surface area contributed by atoms with E-state index in [1.807, 2.05) is 60.7 Å². The van der Waals surface area contributed by atoms with Gasteiger partial charge in [0.15, 0.2) is 0 Å². The van der Waals surface area contributed by atoms with E-state index in [9.17, 15) is 9.59 Å². The van der Waals surface area contributed by atoms with Crippen LogP contribution in [0.25, 0.3) is 0 Å². The van der Waals surface area contributed by atoms with Crippen LogP contribution in [-0.2, 0) is 17.8 Å². The smallest absolute Gasteiger partial charge is 0.251 e. The van der Waals surface area contributed by atoms with Gasteiger partial charge in [-0.05, 0) is 35.4 Å². The van der Waals surface area contributed by atoms with Crippen molar-refractivity contribution in [3.63, 3.8) is 0 Å². The Kier molecular flexibility index (Phi) is 7.00. The van der Waals surface area contributed by atoms with Gasteiger partial charge < -0.3 is 15.4 Å². The standard InChI is InChI=1S/C24H24N2O3/c1-29-21-14-8-11-19(15-21)17-25-24(28)22(16-18-9-4-2-5-10-18)26-23(27)20-12-6-3-7-13-20/h2-15,22H,16-17H2,1H3,(H,25,28)(H,26,27)/t22-/m1/s1. The van der Waals surface area contributed by atoms with Gasteiger partial charge in [0.2, 0.25) is 5.91 Å². The molecule has 3 aromatic rings. The van der Waals surface area contributed by atoms with Crippen LogP contribution in [0.2, 0.25) is 0 Å². The van der Waals surface area contributed by atoms with Gasteiger partial charge in [-0.15, -0.1) is 0 Å². The van der Waals surface area contributed by atoms with E-state index in [1.165, 1.54) is 0 Å². The van der Waals surface area contributed by atoms with Crippen molar-refractivity contribution in [3.05, 3.63) is 102 Å². The molecule has 148 valence electrons. The van der Waals surface area contributed by atoms with Crippen molar-refractivity contribution in [1.29, 1.82) is 0 Å². The first-order chi connectivity index (χ1) is 14.2. The van der Waals surface area contributed by atoms with Crippen LogP contribution in [0.4, 0.5) is 0 Å². The molecular formula is C24H24N2O3. The van der Waals surface area contributed by atoms with Crippen molar-refractivity contribution in [1.82, 2.24) is 10.6 Å². The lowest BCUT2D eigenvalue weighted by molar-refractivity contribution is -0.123. The Morgan fingerprint density at radius 2 is 1.52 bits per heavy atom. The second-order valence-corrected chi connectivity index (χ2v) is 6.65. The zero-order valence-corrected chi connectivity index (χ0v) is 16.3. The van der Waals surface area contributed by atoms with E-state index in [4.69, 9.17) is 4.74 Å². The van der Waals surface area contributed by atoms with Crippen LogP contribution in [0.5, 0.6) is 5.75 Å². The van der Waals surface area contributed by atoms with Gasteiger partial charge in [0.05, 0.1) is 7.11 Å². The van der Waals surface area contributed by atoms with Crippen LogP contribution < -0.4 is 15.4 Å². The SMILES string of the molecule is COc1cccc(CNC(=O)[C@@H](Cc2ccccc2)NC(=O)c2ccccc2)c1. The fourth-order valence-electron chi connectivity index (χ4n) is 2.98. The van der Waals surface area contributed by atoms with Crippen molar-refractivity contribution < 1.29 is 14.3 Å². The number of hydrogen-bond acceptors (Lipinski definition) is 3. The Hall–Kier alpha value is -3.60. The Balaban J connectivity index is 1.70. The molecule has 1 atom stereocenters. The Labute approximate surface area is 170 Å². The fraction of sp³-hybridized carbons (Fsp3) is 0.167. The van der Waals surface area contributed by atoms with Crippen molar-refractivity contribution in [2.45, 2.75) is 19.0 Å². The van der Waals surface area contributed by atoms with E-state index < -0.39 is 6.04 Å². The Bertz CT molecular complexity index is 943. The first-order valence-corrected chi connectivity index (χ1v) is 9.46. The highest BCUT2D eigenvalue weighted by molar-refractivity contribution is 5.97. The van der Waals surface area contributed by atoms with Crippen LogP contribution in [0, 0.1) is 0 Å². The predicted molar refractivity (Wildman–Crippen MR) is 113 cm³/mol. The average molecular weight is 388 g/mol. The summed E-state index contributed by atoms with van der Waals surface area (Å²) in [6.45, 7) is 0.350. The van der Waals surface area contributed by atoms with Crippen LogP contribution in [0.3, 0.4) is 0 Å². The van der Waals surface area contributed by atoms with Gasteiger partial charge in [-0.1, -0.05) is 60.7 Å². The second kappa shape index (κ2) is 10.1. The summed E-state index contributed by atoms with van der Waals surface area (Å²) in [6.07, 6.45) is 0.406. The first kappa shape index (κ1) is 20.1. The van der Waals surface area contributed by atoms with E-state index in [0.29, 0.717) is 18.5 Å². The molecule has 5 heteroatoms. The third-order valence-corrected chi connectivity index (χ3v) is 4.54. The predicted octanol–water partition coefficient (Wildman–Crippen LogP) is 3.35. The number of benzene rings is 3. The normalized spacial score (nSPS) is 11.3. The molecule has 0 fully saturated rings. The molecule has 0 aliphatic carbocycles. The van der Waals surface area contributed by atoms with E-state index >= 15 is 0 Å². The summed E-state index contributed by atoms with van der Waals surface area (Å²) in [7, 11) is 1.60. The van der Waals surface area contributed by atoms with Crippen molar-refractivity contribution in [2.24, 2.45) is 0 Å². The molecule has 2 amide bonds. The lowest BCUT2D eigenvalue weighted by atomic mass is 10.0. The maximum Gasteiger partial charge on any atom is 0.251 e. The molecule has 0 saturated carbocycles. The molecule has 0 saturated heterocycles. The molecule has 29 heavy (non-hydrogen) atoms. The van der Waals surface area contributed by atoms with Crippen LogP contribution in [0.1, 0.15) is 21.5 Å². The molecule has 0 aliphatic heterocycles. The first-order valence-electron chi connectivity index (χ1n) is 9.46. The number of hydrogen-bond donors (Lipinski definition) is 2. The highest BCUT2D eigenvalue weighted by Gasteiger charge is 2.21. The number of amides is 2. The lowest BCUT2D eigenvalue weighted by Crippen LogP contribution is -2.47. The zero-order chi connectivity index (χ0) is 20.5. The molecule has 2 N–H and O–H groups in total. The summed E-state index contributed by atoms with van der Waals surface area (Å²) in [5.41, 5.74) is 2.42. The van der Waals surface area contributed by atoms with Gasteiger partial charge in [-0.25, -0.2) is 0 Å². The van der Waals surface area contributed by atoms with Gasteiger partial charge in [0, 0.05) is 18.5 Å². The zero-order valence-electron chi connectivity index (χ0n) is 16.3. The van der Waals surface area contributed by atoms with Gasteiger partial charge in [-0.3, -0.25) is 9.59 Å². The van der Waals surface area contributed by atoms with Gasteiger partial charge in [0.1, 0.15) is 11.8 Å². The summed E-state index contributed by atoms with van der Waals surface area (Å²) in [4.78, 5) is 25.5. The summed E-state index contributed by atoms with van der Waals surface area (Å²) in [6, 6.07) is 25.3. The molecular weight excluding hydrogens is 364 g/mol. The largest absolute Gasteiger partial charge is 0.497 e. The molecule has 0 heterocycles. The Morgan fingerprint density at radius 1 is 0.862 bits per heavy atom. The summed E-state index contributed by atoms with van der Waals surface area (Å²) in [5.74, 6) is 0.221. The van der Waals surface area contributed by atoms with Crippen LogP contribution in [-0.4, -0.2) is 25.0 Å². The van der Waals surface area contributed by atoms with Crippen LogP contribution in [0.15, 0.2) is 84.9 Å². The highest BCUT2D eigenvalue weighted by atomic mass is 16.5. The molecule has 0 bridgehead atoms.